The van der Waals surface area contributed by atoms with Crippen LogP contribution in [0.3, 0.4) is 0 Å². The molecule has 0 aromatic heterocycles. The van der Waals surface area contributed by atoms with Gasteiger partial charge >= 0.3 is 0 Å². The average molecular weight is 293 g/mol. The van der Waals surface area contributed by atoms with Crippen LogP contribution in [-0.4, -0.2) is 23.0 Å². The molecule has 2 aromatic carbocycles. The fourth-order valence-electron chi connectivity index (χ4n) is 3.95. The molecule has 0 amide bonds. The highest BCUT2D eigenvalue weighted by Crippen LogP contribution is 2.42. The molecule has 2 saturated heterocycles. The summed E-state index contributed by atoms with van der Waals surface area (Å²) in [6.07, 6.45) is 4.98. The highest BCUT2D eigenvalue weighted by atomic mass is 16.3. The van der Waals surface area contributed by atoms with Crippen molar-refractivity contribution >= 4 is 11.5 Å². The van der Waals surface area contributed by atoms with E-state index < -0.39 is 0 Å². The van der Waals surface area contributed by atoms with E-state index in [2.05, 4.69) is 4.90 Å². The van der Waals surface area contributed by atoms with E-state index in [-0.39, 0.29) is 11.5 Å². The molecule has 0 saturated carbocycles. The first-order valence-electron chi connectivity index (χ1n) is 7.95. The zero-order chi connectivity index (χ0) is 15.1. The zero-order valence-corrected chi connectivity index (χ0v) is 12.4. The van der Waals surface area contributed by atoms with Gasteiger partial charge in [-0.2, -0.15) is 0 Å². The first-order valence-corrected chi connectivity index (χ1v) is 7.95. The minimum Gasteiger partial charge on any atom is -0.507 e. The third-order valence-corrected chi connectivity index (χ3v) is 5.01. The van der Waals surface area contributed by atoms with E-state index in [1.54, 1.807) is 24.3 Å². The molecule has 3 nitrogen and oxygen atoms in total. The summed E-state index contributed by atoms with van der Waals surface area (Å²) in [6, 6.07) is 15.8. The van der Waals surface area contributed by atoms with Gasteiger partial charge < -0.3 is 10.0 Å². The first-order chi connectivity index (χ1) is 10.7. The number of phenols is 1. The van der Waals surface area contributed by atoms with Crippen LogP contribution in [0.1, 0.15) is 41.6 Å². The van der Waals surface area contributed by atoms with Crippen molar-refractivity contribution in [2.24, 2.45) is 0 Å². The summed E-state index contributed by atoms with van der Waals surface area (Å²) in [5, 5.41) is 10.3. The van der Waals surface area contributed by atoms with Gasteiger partial charge in [0.1, 0.15) is 5.75 Å². The lowest BCUT2D eigenvalue weighted by atomic mass is 10.0. The summed E-state index contributed by atoms with van der Waals surface area (Å²) in [7, 11) is 0. The minimum atomic E-state index is -0.131. The zero-order valence-electron chi connectivity index (χ0n) is 12.4. The van der Waals surface area contributed by atoms with Crippen LogP contribution in [0.4, 0.5) is 5.69 Å². The maximum atomic E-state index is 12.5. The highest BCUT2D eigenvalue weighted by Gasteiger charge is 2.39. The van der Waals surface area contributed by atoms with Crippen molar-refractivity contribution in [3.05, 3.63) is 59.7 Å². The van der Waals surface area contributed by atoms with Crippen molar-refractivity contribution < 1.29 is 9.90 Å². The van der Waals surface area contributed by atoms with Crippen molar-refractivity contribution in [1.82, 2.24) is 0 Å². The molecule has 2 aliphatic rings. The molecular weight excluding hydrogens is 274 g/mol. The Morgan fingerprint density at radius 3 is 2.18 bits per heavy atom. The molecule has 0 spiro atoms. The fraction of sp³-hybridized carbons (Fsp3) is 0.316. The number of benzene rings is 2. The Labute approximate surface area is 130 Å². The van der Waals surface area contributed by atoms with Crippen LogP contribution < -0.4 is 4.90 Å². The molecule has 0 radical (unpaired) electrons. The lowest BCUT2D eigenvalue weighted by Crippen LogP contribution is -2.27. The molecule has 2 heterocycles. The maximum absolute atomic E-state index is 12.5. The second-order valence-corrected chi connectivity index (χ2v) is 6.27. The number of carbonyl (C=O) groups is 1. The number of rotatable bonds is 3. The molecule has 2 aliphatic heterocycles. The standard InChI is InChI=1S/C19H19NO2/c21-18-12-16(20-14-6-7-15(20)9-8-14)10-11-17(18)19(22)13-4-2-1-3-5-13/h1-5,10-12,14-15,21H,6-9H2. The maximum Gasteiger partial charge on any atom is 0.196 e. The number of aromatic hydroxyl groups is 1. The van der Waals surface area contributed by atoms with Gasteiger partial charge in [0.2, 0.25) is 0 Å². The summed E-state index contributed by atoms with van der Waals surface area (Å²) in [5.74, 6) is -0.0494. The SMILES string of the molecule is O=C(c1ccccc1)c1ccc(N2C3CCC2CC3)cc1O. The van der Waals surface area contributed by atoms with Crippen LogP contribution in [0.25, 0.3) is 0 Å². The highest BCUT2D eigenvalue weighted by molar-refractivity contribution is 6.10. The monoisotopic (exact) mass is 293 g/mol. The molecule has 0 atom stereocenters. The van der Waals surface area contributed by atoms with Gasteiger partial charge in [-0.05, 0) is 37.8 Å². The number of carbonyl (C=O) groups excluding carboxylic acids is 1. The normalized spacial score (nSPS) is 23.0. The number of phenolic OH excluding ortho intramolecular Hbond substituents is 1. The molecule has 2 aromatic rings. The average Bonchev–Trinajstić information content (AvgIpc) is 3.15. The van der Waals surface area contributed by atoms with Gasteiger partial charge in [0, 0.05) is 29.4 Å². The Bertz CT molecular complexity index is 691. The van der Waals surface area contributed by atoms with Crippen molar-refractivity contribution in [2.45, 2.75) is 37.8 Å². The Morgan fingerprint density at radius 1 is 0.955 bits per heavy atom. The van der Waals surface area contributed by atoms with Crippen LogP contribution in [0.5, 0.6) is 5.75 Å². The van der Waals surface area contributed by atoms with Gasteiger partial charge in [-0.25, -0.2) is 0 Å². The molecule has 0 aliphatic carbocycles. The number of hydrogen-bond acceptors (Lipinski definition) is 3. The Balaban J connectivity index is 1.65. The van der Waals surface area contributed by atoms with Gasteiger partial charge in [0.15, 0.2) is 5.78 Å². The van der Waals surface area contributed by atoms with Crippen molar-refractivity contribution in [3.63, 3.8) is 0 Å². The van der Waals surface area contributed by atoms with Crippen LogP contribution in [0, 0.1) is 0 Å². The minimum absolute atomic E-state index is 0.0812. The van der Waals surface area contributed by atoms with Crippen LogP contribution >= 0.6 is 0 Å². The van der Waals surface area contributed by atoms with Gasteiger partial charge in [-0.3, -0.25) is 4.79 Å². The second-order valence-electron chi connectivity index (χ2n) is 6.27. The molecule has 4 rings (SSSR count). The Kier molecular flexibility index (Phi) is 3.14. The largest absolute Gasteiger partial charge is 0.507 e. The van der Waals surface area contributed by atoms with E-state index in [0.29, 0.717) is 23.2 Å². The smallest absolute Gasteiger partial charge is 0.196 e. The summed E-state index contributed by atoms with van der Waals surface area (Å²) >= 11 is 0. The predicted molar refractivity (Wildman–Crippen MR) is 86.5 cm³/mol. The quantitative estimate of drug-likeness (QED) is 0.876. The van der Waals surface area contributed by atoms with Gasteiger partial charge in [-0.1, -0.05) is 30.3 Å². The van der Waals surface area contributed by atoms with Crippen LogP contribution in [-0.2, 0) is 0 Å². The number of ketones is 1. The summed E-state index contributed by atoms with van der Waals surface area (Å²) in [4.78, 5) is 14.9. The van der Waals surface area contributed by atoms with E-state index in [1.165, 1.54) is 25.7 Å². The van der Waals surface area contributed by atoms with Crippen molar-refractivity contribution in [2.75, 3.05) is 4.90 Å². The number of anilines is 1. The fourth-order valence-corrected chi connectivity index (χ4v) is 3.95. The summed E-state index contributed by atoms with van der Waals surface area (Å²) in [6.45, 7) is 0. The predicted octanol–water partition coefficient (Wildman–Crippen LogP) is 3.75. The molecular formula is C19H19NO2. The second kappa shape index (κ2) is 5.16. The van der Waals surface area contributed by atoms with Gasteiger partial charge in [0.25, 0.3) is 0 Å². The van der Waals surface area contributed by atoms with Crippen molar-refractivity contribution in [1.29, 1.82) is 0 Å². The lowest BCUT2D eigenvalue weighted by molar-refractivity contribution is 0.103. The molecule has 112 valence electrons. The van der Waals surface area contributed by atoms with E-state index >= 15 is 0 Å². The molecule has 22 heavy (non-hydrogen) atoms. The lowest BCUT2D eigenvalue weighted by Gasteiger charge is -2.25. The Morgan fingerprint density at radius 2 is 1.59 bits per heavy atom. The number of nitrogens with zero attached hydrogens (tertiary/aromatic N) is 1. The summed E-state index contributed by atoms with van der Waals surface area (Å²) in [5.41, 5.74) is 2.03. The Hall–Kier alpha value is -2.29. The van der Waals surface area contributed by atoms with Crippen LogP contribution in [0.15, 0.2) is 48.5 Å². The van der Waals surface area contributed by atoms with Crippen molar-refractivity contribution in [3.8, 4) is 5.75 Å². The topological polar surface area (TPSA) is 40.5 Å². The van der Waals surface area contributed by atoms with Crippen LogP contribution in [0.2, 0.25) is 0 Å². The summed E-state index contributed by atoms with van der Waals surface area (Å²) < 4.78 is 0. The molecule has 1 N–H and O–H groups in total. The van der Waals surface area contributed by atoms with E-state index in [1.807, 2.05) is 24.3 Å². The third-order valence-electron chi connectivity index (χ3n) is 5.01. The van der Waals surface area contributed by atoms with E-state index in [4.69, 9.17) is 0 Å². The first kappa shape index (κ1) is 13.4. The number of hydrogen-bond donors (Lipinski definition) is 1. The molecule has 2 fully saturated rings. The van der Waals surface area contributed by atoms with Gasteiger partial charge in [-0.15, -0.1) is 0 Å². The molecule has 0 unspecified atom stereocenters. The third kappa shape index (κ3) is 2.08. The molecule has 2 bridgehead atoms. The van der Waals surface area contributed by atoms with E-state index in [9.17, 15) is 9.90 Å². The van der Waals surface area contributed by atoms with Gasteiger partial charge in [0.05, 0.1) is 5.56 Å². The number of fused-ring (bicyclic) bond motifs is 2. The van der Waals surface area contributed by atoms with E-state index in [0.717, 1.165) is 5.69 Å². The molecule has 3 heteroatoms.